The molecule has 14 nitrogen and oxygen atoms in total. The number of anilines is 1. The minimum Gasteiger partial charge on any atom is -0.477 e. The number of thiazole rings is 1. The molecule has 2 atom stereocenters. The van der Waals surface area contributed by atoms with Gasteiger partial charge in [-0.2, -0.15) is 13.2 Å². The first-order valence-electron chi connectivity index (χ1n) is 12.8. The summed E-state index contributed by atoms with van der Waals surface area (Å²) in [5.41, 5.74) is 6.23. The number of likely N-dealkylation sites (tertiary alicyclic amines) is 1. The number of rotatable bonds is 7. The van der Waals surface area contributed by atoms with Crippen LogP contribution in [0.5, 0.6) is 0 Å². The molecule has 4 heterocycles. The van der Waals surface area contributed by atoms with Crippen LogP contribution in [0.2, 0.25) is 0 Å². The molecule has 3 amide bonds. The first-order chi connectivity index (χ1) is 21.6. The number of thioether (sulfide) groups is 1. The second-order valence-corrected chi connectivity index (χ2v) is 11.6. The number of alkyl halides is 3. The highest BCUT2D eigenvalue weighted by Crippen LogP contribution is 2.41. The van der Waals surface area contributed by atoms with Gasteiger partial charge in [0.05, 0.1) is 0 Å². The highest BCUT2D eigenvalue weighted by molar-refractivity contribution is 8.00. The Kier molecular flexibility index (Phi) is 10.00. The zero-order chi connectivity index (χ0) is 33.9. The number of fused-ring (bicyclic) bond motifs is 1. The maximum Gasteiger partial charge on any atom is 0.490 e. The van der Waals surface area contributed by atoms with Crippen molar-refractivity contribution >= 4 is 63.6 Å². The van der Waals surface area contributed by atoms with Gasteiger partial charge in [-0.1, -0.05) is 17.3 Å². The minimum atomic E-state index is -5.08. The van der Waals surface area contributed by atoms with E-state index in [4.69, 9.17) is 15.6 Å². The van der Waals surface area contributed by atoms with Crippen molar-refractivity contribution in [3.05, 3.63) is 69.6 Å². The van der Waals surface area contributed by atoms with Gasteiger partial charge in [-0.15, -0.1) is 23.1 Å². The quantitative estimate of drug-likeness (QED) is 0.0707. The Bertz CT molecular complexity index is 1690. The van der Waals surface area contributed by atoms with Crippen LogP contribution < -0.4 is 11.1 Å². The predicted molar refractivity (Wildman–Crippen MR) is 153 cm³/mol. The fourth-order valence-electron chi connectivity index (χ4n) is 4.59. The molecule has 0 unspecified atom stereocenters. The lowest BCUT2D eigenvalue weighted by atomic mass is 10.0. The molecular weight excluding hydrogens is 664 g/mol. The fourth-order valence-corrected chi connectivity index (χ4v) is 6.44. The number of carboxylic acid groups (broad SMARTS) is 2. The van der Waals surface area contributed by atoms with Gasteiger partial charge in [0, 0.05) is 29.8 Å². The van der Waals surface area contributed by atoms with E-state index in [1.54, 1.807) is 17.0 Å². The van der Waals surface area contributed by atoms with E-state index in [9.17, 15) is 47.1 Å². The highest BCUT2D eigenvalue weighted by Gasteiger charge is 2.54. The third-order valence-electron chi connectivity index (χ3n) is 6.63. The smallest absolute Gasteiger partial charge is 0.477 e. The van der Waals surface area contributed by atoms with Crippen LogP contribution >= 0.6 is 23.1 Å². The van der Waals surface area contributed by atoms with Gasteiger partial charge in [-0.3, -0.25) is 19.3 Å². The summed E-state index contributed by atoms with van der Waals surface area (Å²) in [6.07, 6.45) is -3.21. The molecule has 244 valence electrons. The molecule has 3 aliphatic rings. The second kappa shape index (κ2) is 13.6. The van der Waals surface area contributed by atoms with Crippen LogP contribution in [0, 0.1) is 5.82 Å². The Hall–Kier alpha value is -4.98. The van der Waals surface area contributed by atoms with Crippen molar-refractivity contribution in [2.45, 2.75) is 30.6 Å². The van der Waals surface area contributed by atoms with Crippen LogP contribution in [0.1, 0.15) is 17.7 Å². The molecule has 3 aliphatic heterocycles. The number of halogens is 4. The summed E-state index contributed by atoms with van der Waals surface area (Å²) in [6.45, 7) is 0.608. The maximum atomic E-state index is 13.5. The molecular formula is C26H22F4N6O8S2. The number of hydrogen-bond acceptors (Lipinski definition) is 11. The monoisotopic (exact) mass is 686 g/mol. The lowest BCUT2D eigenvalue weighted by Gasteiger charge is -2.49. The van der Waals surface area contributed by atoms with Crippen molar-refractivity contribution in [2.75, 3.05) is 18.0 Å². The van der Waals surface area contributed by atoms with E-state index in [-0.39, 0.29) is 34.7 Å². The molecule has 46 heavy (non-hydrogen) atoms. The number of nitrogen functional groups attached to an aromatic ring is 1. The van der Waals surface area contributed by atoms with Crippen LogP contribution in [-0.2, 0) is 30.5 Å². The Morgan fingerprint density at radius 3 is 2.48 bits per heavy atom. The van der Waals surface area contributed by atoms with Gasteiger partial charge < -0.3 is 31.4 Å². The van der Waals surface area contributed by atoms with E-state index in [1.165, 1.54) is 35.4 Å². The molecule has 0 saturated carbocycles. The highest BCUT2D eigenvalue weighted by atomic mass is 32.2. The molecule has 2 aromatic rings. The second-order valence-electron chi connectivity index (χ2n) is 9.64. The third kappa shape index (κ3) is 7.28. The van der Waals surface area contributed by atoms with Gasteiger partial charge in [0.25, 0.3) is 11.8 Å². The Labute approximate surface area is 263 Å². The maximum absolute atomic E-state index is 13.5. The van der Waals surface area contributed by atoms with Crippen LogP contribution in [0.15, 0.2) is 57.7 Å². The number of β-lactam (4-membered cyclic amide) rings is 1. The van der Waals surface area contributed by atoms with E-state index in [0.29, 0.717) is 29.7 Å². The summed E-state index contributed by atoms with van der Waals surface area (Å²) in [5.74, 6) is -6.15. The summed E-state index contributed by atoms with van der Waals surface area (Å²) in [5, 5.41) is 32.6. The summed E-state index contributed by atoms with van der Waals surface area (Å²) in [4.78, 5) is 66.2. The van der Waals surface area contributed by atoms with Crippen LogP contribution in [0.25, 0.3) is 0 Å². The third-order valence-corrected chi connectivity index (χ3v) is 8.61. The van der Waals surface area contributed by atoms with E-state index in [0.717, 1.165) is 16.2 Å². The standard InChI is InChI=1S/C24H21FN6O6S2.C2HF3O2/c25-14-3-1-2-11(6-14)8-30-5-4-12(20(30)33)7-13-9-38-22-17(21(34)31(22)18(13)23(35)36)28-19(32)16(29-37)15-10-39-24(26)27-15;3-2(4,5)1(6)7/h1-3,6-7,10,17,22,37H,4-5,8-9H2,(H2,26,27)(H,28,32)(H,35,36);(H,6,7)/t17-,22-;/m1./s1. The number of carbonyl (C=O) groups excluding carboxylic acids is 3. The van der Waals surface area contributed by atoms with E-state index < -0.39 is 52.9 Å². The number of amides is 3. The van der Waals surface area contributed by atoms with Crippen molar-refractivity contribution in [1.82, 2.24) is 20.1 Å². The molecule has 20 heteroatoms. The molecule has 6 N–H and O–H groups in total. The predicted octanol–water partition coefficient (Wildman–Crippen LogP) is 1.77. The van der Waals surface area contributed by atoms with Crippen molar-refractivity contribution in [1.29, 1.82) is 0 Å². The topological polar surface area (TPSA) is 216 Å². The Morgan fingerprint density at radius 2 is 1.91 bits per heavy atom. The zero-order valence-corrected chi connectivity index (χ0v) is 24.7. The Balaban J connectivity index is 0.000000617. The largest absolute Gasteiger partial charge is 0.490 e. The van der Waals surface area contributed by atoms with Crippen molar-refractivity contribution in [3.63, 3.8) is 0 Å². The molecule has 0 bridgehead atoms. The SMILES string of the molecule is Nc1nc(C(=NO)C(=O)N[C@@H]2C(=O)N3C(C(=O)O)=C(C=C4CCN(Cc5cccc(F)c5)C4=O)CS[C@H]23)cs1.O=C(O)C(F)(F)F. The molecule has 5 rings (SSSR count). The number of aromatic nitrogens is 1. The van der Waals surface area contributed by atoms with Gasteiger partial charge >= 0.3 is 18.1 Å². The zero-order valence-electron chi connectivity index (χ0n) is 23.0. The molecule has 0 spiro atoms. The number of carbonyl (C=O) groups is 5. The van der Waals surface area contributed by atoms with Crippen molar-refractivity contribution < 1.29 is 57.0 Å². The number of carboxylic acids is 2. The number of benzene rings is 1. The molecule has 0 radical (unpaired) electrons. The molecule has 2 fully saturated rings. The average Bonchev–Trinajstić information content (AvgIpc) is 3.56. The number of nitrogens with one attached hydrogen (secondary N) is 1. The molecule has 1 aromatic carbocycles. The molecule has 1 aromatic heterocycles. The van der Waals surface area contributed by atoms with Crippen molar-refractivity contribution in [2.24, 2.45) is 5.16 Å². The number of aliphatic carboxylic acids is 2. The minimum absolute atomic E-state index is 0.0325. The van der Waals surface area contributed by atoms with E-state index >= 15 is 0 Å². The number of allylic oxidation sites excluding steroid dienone is 1. The van der Waals surface area contributed by atoms with Gasteiger partial charge in [0.2, 0.25) is 5.91 Å². The van der Waals surface area contributed by atoms with Crippen LogP contribution in [0.4, 0.5) is 22.7 Å². The number of nitrogens with two attached hydrogens (primary N) is 1. The Morgan fingerprint density at radius 1 is 1.22 bits per heavy atom. The lowest BCUT2D eigenvalue weighted by Crippen LogP contribution is -2.71. The average molecular weight is 687 g/mol. The summed E-state index contributed by atoms with van der Waals surface area (Å²) in [7, 11) is 0. The van der Waals surface area contributed by atoms with Gasteiger partial charge in [0.1, 0.15) is 28.6 Å². The fraction of sp³-hybridized carbons (Fsp3) is 0.269. The molecule has 0 aliphatic carbocycles. The van der Waals surface area contributed by atoms with Crippen molar-refractivity contribution in [3.8, 4) is 0 Å². The first kappa shape index (κ1) is 33.9. The van der Waals surface area contributed by atoms with Gasteiger partial charge in [0.15, 0.2) is 10.8 Å². The van der Waals surface area contributed by atoms with Crippen LogP contribution in [0.3, 0.4) is 0 Å². The number of hydrogen-bond donors (Lipinski definition) is 5. The summed E-state index contributed by atoms with van der Waals surface area (Å²) < 4.78 is 45.3. The normalized spacial score (nSPS) is 20.6. The van der Waals surface area contributed by atoms with Gasteiger partial charge in [-0.25, -0.2) is 19.0 Å². The summed E-state index contributed by atoms with van der Waals surface area (Å²) in [6, 6.07) is 4.89. The lowest BCUT2D eigenvalue weighted by molar-refractivity contribution is -0.192. The van der Waals surface area contributed by atoms with E-state index in [1.807, 2.05) is 0 Å². The summed E-state index contributed by atoms with van der Waals surface area (Å²) >= 11 is 2.26. The number of nitrogens with zero attached hydrogens (tertiary/aromatic N) is 4. The van der Waals surface area contributed by atoms with Crippen LogP contribution in [-0.4, -0.2) is 95.5 Å². The first-order valence-corrected chi connectivity index (χ1v) is 14.7. The number of oxime groups is 1. The van der Waals surface area contributed by atoms with Gasteiger partial charge in [-0.05, 0) is 35.8 Å². The molecule has 2 saturated heterocycles. The van der Waals surface area contributed by atoms with E-state index in [2.05, 4.69) is 15.5 Å².